The molecule has 1 aliphatic heterocycles. The average molecular weight is 270 g/mol. The monoisotopic (exact) mass is 270 g/mol. The van der Waals surface area contributed by atoms with Crippen molar-refractivity contribution in [1.82, 2.24) is 4.90 Å². The number of piperidine rings is 1. The lowest BCUT2D eigenvalue weighted by Gasteiger charge is -2.37. The Morgan fingerprint density at radius 2 is 2.16 bits per heavy atom. The number of aliphatic carboxylic acids is 1. The number of carboxylic acids is 1. The van der Waals surface area contributed by atoms with Gasteiger partial charge in [0.2, 0.25) is 5.91 Å². The molecule has 110 valence electrons. The Morgan fingerprint density at radius 1 is 1.42 bits per heavy atom. The fourth-order valence-electron chi connectivity index (χ4n) is 2.81. The lowest BCUT2D eigenvalue weighted by molar-refractivity contribution is -0.142. The Morgan fingerprint density at radius 3 is 2.74 bits per heavy atom. The molecule has 0 aliphatic carbocycles. The quantitative estimate of drug-likeness (QED) is 0.736. The van der Waals surface area contributed by atoms with Gasteiger partial charge in [-0.1, -0.05) is 13.3 Å². The number of hydrogen-bond donors (Lipinski definition) is 2. The minimum Gasteiger partial charge on any atom is -0.481 e. The Kier molecular flexibility index (Phi) is 6.84. The standard InChI is InChI=1S/C14H26N2O3/c1-2-5-11(10-15)14(19)16-9-4-3-6-12(16)7-8-13(17)18/h11-12H,2-10,15H2,1H3,(H,17,18). The number of nitrogens with zero attached hydrogens (tertiary/aromatic N) is 1. The van der Waals surface area contributed by atoms with Gasteiger partial charge in [0.15, 0.2) is 0 Å². The number of rotatable bonds is 7. The van der Waals surface area contributed by atoms with Crippen molar-refractivity contribution in [2.24, 2.45) is 11.7 Å². The number of carboxylic acid groups (broad SMARTS) is 1. The van der Waals surface area contributed by atoms with E-state index in [1.165, 1.54) is 0 Å². The molecule has 1 heterocycles. The second kappa shape index (κ2) is 8.15. The molecule has 1 fully saturated rings. The van der Waals surface area contributed by atoms with Gasteiger partial charge in [0.25, 0.3) is 0 Å². The number of nitrogens with two attached hydrogens (primary N) is 1. The summed E-state index contributed by atoms with van der Waals surface area (Å²) < 4.78 is 0. The molecule has 19 heavy (non-hydrogen) atoms. The second-order valence-electron chi connectivity index (χ2n) is 5.33. The third kappa shape index (κ3) is 4.82. The van der Waals surface area contributed by atoms with Gasteiger partial charge >= 0.3 is 5.97 Å². The van der Waals surface area contributed by atoms with Gasteiger partial charge in [-0.05, 0) is 32.1 Å². The fraction of sp³-hybridized carbons (Fsp3) is 0.857. The van der Waals surface area contributed by atoms with Crippen molar-refractivity contribution in [2.75, 3.05) is 13.1 Å². The van der Waals surface area contributed by atoms with Gasteiger partial charge in [0.1, 0.15) is 0 Å². The first-order valence-corrected chi connectivity index (χ1v) is 7.32. The highest BCUT2D eigenvalue weighted by Gasteiger charge is 2.30. The smallest absolute Gasteiger partial charge is 0.303 e. The Bertz CT molecular complexity index is 307. The van der Waals surface area contributed by atoms with Crippen LogP contribution in [0.2, 0.25) is 0 Å². The number of likely N-dealkylation sites (tertiary alicyclic amines) is 1. The van der Waals surface area contributed by atoms with E-state index in [1.54, 1.807) is 0 Å². The van der Waals surface area contributed by atoms with Crippen LogP contribution >= 0.6 is 0 Å². The van der Waals surface area contributed by atoms with Crippen molar-refractivity contribution in [3.8, 4) is 0 Å². The topological polar surface area (TPSA) is 83.6 Å². The van der Waals surface area contributed by atoms with Gasteiger partial charge < -0.3 is 15.7 Å². The average Bonchev–Trinajstić information content (AvgIpc) is 2.42. The van der Waals surface area contributed by atoms with Gasteiger partial charge in [-0.3, -0.25) is 9.59 Å². The van der Waals surface area contributed by atoms with Crippen molar-refractivity contribution < 1.29 is 14.7 Å². The van der Waals surface area contributed by atoms with Crippen LogP contribution in [0.15, 0.2) is 0 Å². The van der Waals surface area contributed by atoms with E-state index in [1.807, 2.05) is 11.8 Å². The molecular weight excluding hydrogens is 244 g/mol. The molecule has 0 aromatic rings. The van der Waals surface area contributed by atoms with Crippen molar-refractivity contribution in [1.29, 1.82) is 0 Å². The van der Waals surface area contributed by atoms with Crippen LogP contribution in [0.5, 0.6) is 0 Å². The molecule has 3 N–H and O–H groups in total. The van der Waals surface area contributed by atoms with E-state index >= 15 is 0 Å². The first-order valence-electron chi connectivity index (χ1n) is 7.32. The van der Waals surface area contributed by atoms with E-state index in [0.29, 0.717) is 13.0 Å². The zero-order valence-electron chi connectivity index (χ0n) is 11.8. The third-order valence-corrected chi connectivity index (χ3v) is 3.87. The highest BCUT2D eigenvalue weighted by molar-refractivity contribution is 5.79. The lowest BCUT2D eigenvalue weighted by Crippen LogP contribution is -2.48. The van der Waals surface area contributed by atoms with E-state index in [-0.39, 0.29) is 24.3 Å². The Balaban J connectivity index is 2.63. The molecule has 0 radical (unpaired) electrons. The summed E-state index contributed by atoms with van der Waals surface area (Å²) in [6.45, 7) is 3.19. The summed E-state index contributed by atoms with van der Waals surface area (Å²) in [7, 11) is 0. The summed E-state index contributed by atoms with van der Waals surface area (Å²) in [5.74, 6) is -0.767. The third-order valence-electron chi connectivity index (χ3n) is 3.87. The van der Waals surface area contributed by atoms with Gasteiger partial charge in [-0.25, -0.2) is 0 Å². The van der Waals surface area contributed by atoms with Crippen LogP contribution in [0.25, 0.3) is 0 Å². The van der Waals surface area contributed by atoms with Crippen molar-refractivity contribution in [3.05, 3.63) is 0 Å². The molecule has 0 saturated carbocycles. The molecule has 1 rings (SSSR count). The summed E-state index contributed by atoms with van der Waals surface area (Å²) in [6.07, 6.45) is 5.47. The zero-order chi connectivity index (χ0) is 14.3. The summed E-state index contributed by atoms with van der Waals surface area (Å²) in [5.41, 5.74) is 5.69. The van der Waals surface area contributed by atoms with Gasteiger partial charge in [0, 0.05) is 25.6 Å². The normalized spacial score (nSPS) is 21.2. The number of carbonyl (C=O) groups excluding carboxylic acids is 1. The second-order valence-corrected chi connectivity index (χ2v) is 5.33. The number of amides is 1. The number of carbonyl (C=O) groups is 2. The molecule has 0 spiro atoms. The summed E-state index contributed by atoms with van der Waals surface area (Å²) in [5, 5.41) is 8.79. The first-order chi connectivity index (χ1) is 9.10. The molecule has 5 nitrogen and oxygen atoms in total. The van der Waals surface area contributed by atoms with Crippen LogP contribution in [0, 0.1) is 5.92 Å². The molecule has 2 unspecified atom stereocenters. The Hall–Kier alpha value is -1.10. The Labute approximate surface area is 115 Å². The largest absolute Gasteiger partial charge is 0.481 e. The maximum Gasteiger partial charge on any atom is 0.303 e. The van der Waals surface area contributed by atoms with Gasteiger partial charge in [0.05, 0.1) is 5.92 Å². The van der Waals surface area contributed by atoms with E-state index in [4.69, 9.17) is 10.8 Å². The molecule has 1 amide bonds. The maximum absolute atomic E-state index is 12.5. The summed E-state index contributed by atoms with van der Waals surface area (Å²) >= 11 is 0. The van der Waals surface area contributed by atoms with E-state index in [0.717, 1.165) is 38.6 Å². The minimum atomic E-state index is -0.790. The highest BCUT2D eigenvalue weighted by atomic mass is 16.4. The highest BCUT2D eigenvalue weighted by Crippen LogP contribution is 2.23. The van der Waals surface area contributed by atoms with Crippen molar-refractivity contribution >= 4 is 11.9 Å². The van der Waals surface area contributed by atoms with Crippen LogP contribution in [-0.2, 0) is 9.59 Å². The molecule has 1 saturated heterocycles. The summed E-state index contributed by atoms with van der Waals surface area (Å²) in [4.78, 5) is 25.0. The molecule has 0 aromatic heterocycles. The molecule has 1 aliphatic rings. The predicted molar refractivity (Wildman–Crippen MR) is 73.7 cm³/mol. The fourth-order valence-corrected chi connectivity index (χ4v) is 2.81. The minimum absolute atomic E-state index is 0.0863. The van der Waals surface area contributed by atoms with E-state index in [9.17, 15) is 9.59 Å². The van der Waals surface area contributed by atoms with Crippen LogP contribution in [-0.4, -0.2) is 41.0 Å². The molecule has 0 bridgehead atoms. The van der Waals surface area contributed by atoms with Crippen LogP contribution in [0.1, 0.15) is 51.9 Å². The van der Waals surface area contributed by atoms with Gasteiger partial charge in [-0.2, -0.15) is 0 Å². The van der Waals surface area contributed by atoms with Crippen molar-refractivity contribution in [3.63, 3.8) is 0 Å². The SMILES string of the molecule is CCCC(CN)C(=O)N1CCCCC1CCC(=O)O. The lowest BCUT2D eigenvalue weighted by atomic mass is 9.94. The van der Waals surface area contributed by atoms with E-state index < -0.39 is 5.97 Å². The van der Waals surface area contributed by atoms with Gasteiger partial charge in [-0.15, -0.1) is 0 Å². The van der Waals surface area contributed by atoms with Crippen LogP contribution in [0.4, 0.5) is 0 Å². The predicted octanol–water partition coefficient (Wildman–Crippen LogP) is 1.61. The maximum atomic E-state index is 12.5. The van der Waals surface area contributed by atoms with Crippen LogP contribution in [0.3, 0.4) is 0 Å². The summed E-state index contributed by atoms with van der Waals surface area (Å²) in [6, 6.07) is 0.0863. The molecule has 0 aromatic carbocycles. The van der Waals surface area contributed by atoms with Crippen molar-refractivity contribution in [2.45, 2.75) is 57.9 Å². The molecule has 5 heteroatoms. The van der Waals surface area contributed by atoms with E-state index in [2.05, 4.69) is 0 Å². The number of hydrogen-bond acceptors (Lipinski definition) is 3. The molecule has 2 atom stereocenters. The molecular formula is C14H26N2O3. The zero-order valence-corrected chi connectivity index (χ0v) is 11.8. The first kappa shape index (κ1) is 16.0. The van der Waals surface area contributed by atoms with Crippen LogP contribution < -0.4 is 5.73 Å².